The average Bonchev–Trinajstić information content (AvgIpc) is 3.08. The fourth-order valence-electron chi connectivity index (χ4n) is 1.48. The minimum atomic E-state index is -4.34. The van der Waals surface area contributed by atoms with Crippen LogP contribution in [0.5, 0.6) is 0 Å². The monoisotopic (exact) mass is 245 g/mol. The van der Waals surface area contributed by atoms with Crippen molar-refractivity contribution in [3.63, 3.8) is 0 Å². The Kier molecular flexibility index (Phi) is 3.13. The lowest BCUT2D eigenvalue weighted by molar-refractivity contribution is -0.137. The Bertz CT molecular complexity index is 399. The molecule has 0 aliphatic heterocycles. The molecule has 0 aromatic carbocycles. The summed E-state index contributed by atoms with van der Waals surface area (Å²) in [6.45, 7) is 0.692. The van der Waals surface area contributed by atoms with Gasteiger partial charge in [0.1, 0.15) is 11.6 Å². The molecule has 0 radical (unpaired) electrons. The molecule has 0 unspecified atom stereocenters. The number of anilines is 2. The number of hydrogen-bond donors (Lipinski definition) is 2. The third-order valence-electron chi connectivity index (χ3n) is 2.68. The topological polar surface area (TPSA) is 37.0 Å². The maximum atomic E-state index is 12.6. The summed E-state index contributed by atoms with van der Waals surface area (Å²) in [5.41, 5.74) is -0.685. The smallest absolute Gasteiger partial charge is 0.373 e. The molecule has 2 rings (SSSR count). The van der Waals surface area contributed by atoms with Crippen LogP contribution in [-0.4, -0.2) is 18.6 Å². The number of rotatable bonds is 4. The maximum Gasteiger partial charge on any atom is 0.416 e. The van der Waals surface area contributed by atoms with Gasteiger partial charge in [-0.05, 0) is 30.9 Å². The zero-order valence-electron chi connectivity index (χ0n) is 9.43. The molecule has 1 heterocycles. The predicted molar refractivity (Wildman–Crippen MR) is 60.0 cm³/mol. The van der Waals surface area contributed by atoms with Gasteiger partial charge in [-0.15, -0.1) is 0 Å². The van der Waals surface area contributed by atoms with Crippen LogP contribution in [0.3, 0.4) is 0 Å². The number of aromatic nitrogens is 1. The van der Waals surface area contributed by atoms with Gasteiger partial charge in [-0.1, -0.05) is 0 Å². The molecule has 0 bridgehead atoms. The molecular formula is C11H14F3N3. The van der Waals surface area contributed by atoms with Crippen LogP contribution in [0.2, 0.25) is 0 Å². The highest BCUT2D eigenvalue weighted by Gasteiger charge is 2.31. The van der Waals surface area contributed by atoms with E-state index in [1.165, 1.54) is 0 Å². The Morgan fingerprint density at radius 1 is 1.29 bits per heavy atom. The van der Waals surface area contributed by atoms with Crippen molar-refractivity contribution in [2.75, 3.05) is 24.2 Å². The molecule has 94 valence electrons. The van der Waals surface area contributed by atoms with Crippen molar-refractivity contribution in [3.05, 3.63) is 17.7 Å². The van der Waals surface area contributed by atoms with Crippen molar-refractivity contribution < 1.29 is 13.2 Å². The molecule has 2 N–H and O–H groups in total. The number of nitrogens with one attached hydrogen (secondary N) is 2. The van der Waals surface area contributed by atoms with Crippen LogP contribution in [0.15, 0.2) is 12.1 Å². The van der Waals surface area contributed by atoms with Crippen LogP contribution in [0, 0.1) is 5.92 Å². The summed E-state index contributed by atoms with van der Waals surface area (Å²) in [6, 6.07) is 2.05. The molecule has 1 aromatic rings. The van der Waals surface area contributed by atoms with E-state index in [2.05, 4.69) is 15.6 Å². The van der Waals surface area contributed by atoms with Crippen molar-refractivity contribution >= 4 is 11.6 Å². The van der Waals surface area contributed by atoms with E-state index in [-0.39, 0.29) is 11.6 Å². The number of nitrogens with zero attached hydrogens (tertiary/aromatic N) is 1. The minimum Gasteiger partial charge on any atom is -0.373 e. The van der Waals surface area contributed by atoms with Gasteiger partial charge in [0.15, 0.2) is 0 Å². The summed E-state index contributed by atoms with van der Waals surface area (Å²) in [5.74, 6) is 1.08. The van der Waals surface area contributed by atoms with E-state index >= 15 is 0 Å². The SMILES string of the molecule is CNc1cc(C(F)(F)F)cc(NCC2CC2)n1. The van der Waals surface area contributed by atoms with Gasteiger partial charge in [0.05, 0.1) is 5.56 Å². The van der Waals surface area contributed by atoms with Gasteiger partial charge in [-0.3, -0.25) is 0 Å². The van der Waals surface area contributed by atoms with Gasteiger partial charge in [-0.2, -0.15) is 13.2 Å². The molecule has 1 aromatic heterocycles. The van der Waals surface area contributed by atoms with Crippen molar-refractivity contribution in [3.8, 4) is 0 Å². The molecule has 0 spiro atoms. The number of pyridine rings is 1. The molecule has 17 heavy (non-hydrogen) atoms. The first kappa shape index (κ1) is 12.0. The quantitative estimate of drug-likeness (QED) is 0.856. The molecule has 6 heteroatoms. The van der Waals surface area contributed by atoms with Gasteiger partial charge < -0.3 is 10.6 Å². The Balaban J connectivity index is 2.18. The van der Waals surface area contributed by atoms with Crippen LogP contribution < -0.4 is 10.6 Å². The second-order valence-electron chi connectivity index (χ2n) is 4.20. The highest BCUT2D eigenvalue weighted by atomic mass is 19.4. The van der Waals surface area contributed by atoms with E-state index in [4.69, 9.17) is 0 Å². The summed E-state index contributed by atoms with van der Waals surface area (Å²) in [7, 11) is 1.55. The summed E-state index contributed by atoms with van der Waals surface area (Å²) < 4.78 is 37.8. The molecule has 0 atom stereocenters. The van der Waals surface area contributed by atoms with Crippen molar-refractivity contribution in [2.24, 2.45) is 5.92 Å². The Hall–Kier alpha value is -1.46. The lowest BCUT2D eigenvalue weighted by Crippen LogP contribution is -2.11. The molecule has 1 fully saturated rings. The first-order chi connectivity index (χ1) is 7.99. The fourth-order valence-corrected chi connectivity index (χ4v) is 1.48. The molecular weight excluding hydrogens is 231 g/mol. The zero-order chi connectivity index (χ0) is 12.5. The van der Waals surface area contributed by atoms with Gasteiger partial charge in [-0.25, -0.2) is 4.98 Å². The Labute approximate surface area is 97.4 Å². The Morgan fingerprint density at radius 3 is 2.47 bits per heavy atom. The summed E-state index contributed by atoms with van der Waals surface area (Å²) in [5, 5.41) is 5.57. The number of hydrogen-bond acceptors (Lipinski definition) is 3. The third-order valence-corrected chi connectivity index (χ3v) is 2.68. The molecule has 0 amide bonds. The first-order valence-corrected chi connectivity index (χ1v) is 5.50. The lowest BCUT2D eigenvalue weighted by atomic mass is 10.2. The van der Waals surface area contributed by atoms with Crippen molar-refractivity contribution in [1.29, 1.82) is 0 Å². The second kappa shape index (κ2) is 4.43. The van der Waals surface area contributed by atoms with E-state index in [1.807, 2.05) is 0 Å². The normalized spacial score (nSPS) is 15.8. The number of alkyl halides is 3. The highest BCUT2D eigenvalue weighted by Crippen LogP contribution is 2.33. The second-order valence-corrected chi connectivity index (χ2v) is 4.20. The standard InChI is InChI=1S/C11H14F3N3/c1-15-9-4-8(11(12,13)14)5-10(17-9)16-6-7-2-3-7/h4-5,7H,2-3,6H2,1H3,(H2,15,16,17). The van der Waals surface area contributed by atoms with Crippen molar-refractivity contribution in [1.82, 2.24) is 4.98 Å². The van der Waals surface area contributed by atoms with Crippen molar-refractivity contribution in [2.45, 2.75) is 19.0 Å². The lowest BCUT2D eigenvalue weighted by Gasteiger charge is -2.12. The van der Waals surface area contributed by atoms with Crippen LogP contribution >= 0.6 is 0 Å². The van der Waals surface area contributed by atoms with Gasteiger partial charge in [0, 0.05) is 13.6 Å². The maximum absolute atomic E-state index is 12.6. The molecule has 1 aliphatic rings. The molecule has 1 saturated carbocycles. The van der Waals surface area contributed by atoms with E-state index in [0.717, 1.165) is 25.0 Å². The molecule has 3 nitrogen and oxygen atoms in total. The fraction of sp³-hybridized carbons (Fsp3) is 0.545. The van der Waals surface area contributed by atoms with Crippen LogP contribution in [0.25, 0.3) is 0 Å². The summed E-state index contributed by atoms with van der Waals surface area (Å²) >= 11 is 0. The largest absolute Gasteiger partial charge is 0.416 e. The summed E-state index contributed by atoms with van der Waals surface area (Å²) in [4.78, 5) is 4.04. The molecule has 1 aliphatic carbocycles. The molecule has 0 saturated heterocycles. The average molecular weight is 245 g/mol. The number of halogens is 3. The van der Waals surface area contributed by atoms with E-state index in [0.29, 0.717) is 12.5 Å². The predicted octanol–water partition coefficient (Wildman–Crippen LogP) is 2.96. The highest BCUT2D eigenvalue weighted by molar-refractivity contribution is 5.49. The Morgan fingerprint density at radius 2 is 1.94 bits per heavy atom. The zero-order valence-corrected chi connectivity index (χ0v) is 9.43. The first-order valence-electron chi connectivity index (χ1n) is 5.50. The van der Waals surface area contributed by atoms with Gasteiger partial charge in [0.2, 0.25) is 0 Å². The minimum absolute atomic E-state index is 0.220. The van der Waals surface area contributed by atoms with Gasteiger partial charge in [0.25, 0.3) is 0 Å². The van der Waals surface area contributed by atoms with E-state index in [9.17, 15) is 13.2 Å². The summed E-state index contributed by atoms with van der Waals surface area (Å²) in [6.07, 6.45) is -2.06. The third kappa shape index (κ3) is 3.25. The van der Waals surface area contributed by atoms with Crippen LogP contribution in [0.1, 0.15) is 18.4 Å². The van der Waals surface area contributed by atoms with E-state index in [1.54, 1.807) is 7.05 Å². The van der Waals surface area contributed by atoms with Crippen LogP contribution in [0.4, 0.5) is 24.8 Å². The van der Waals surface area contributed by atoms with Gasteiger partial charge >= 0.3 is 6.18 Å². The van der Waals surface area contributed by atoms with E-state index < -0.39 is 11.7 Å². The van der Waals surface area contributed by atoms with Crippen LogP contribution in [-0.2, 0) is 6.18 Å².